The minimum absolute atomic E-state index is 0.0920. The third kappa shape index (κ3) is 6.27. The summed E-state index contributed by atoms with van der Waals surface area (Å²) in [5.74, 6) is -0.0589. The number of urea groups is 1. The molecule has 3 atom stereocenters. The van der Waals surface area contributed by atoms with Gasteiger partial charge in [-0.15, -0.1) is 0 Å². The zero-order valence-electron chi connectivity index (χ0n) is 16.0. The van der Waals surface area contributed by atoms with Gasteiger partial charge in [0, 0.05) is 22.9 Å². The van der Waals surface area contributed by atoms with E-state index in [2.05, 4.69) is 33.5 Å². The lowest BCUT2D eigenvalue weighted by molar-refractivity contribution is -0.123. The first-order chi connectivity index (χ1) is 13.3. The summed E-state index contributed by atoms with van der Waals surface area (Å²) in [6.45, 7) is 4.07. The van der Waals surface area contributed by atoms with Gasteiger partial charge in [-0.2, -0.15) is 0 Å². The van der Waals surface area contributed by atoms with E-state index in [1.165, 1.54) is 0 Å². The highest BCUT2D eigenvalue weighted by Crippen LogP contribution is 2.24. The van der Waals surface area contributed by atoms with E-state index in [4.69, 9.17) is 5.73 Å². The van der Waals surface area contributed by atoms with Gasteiger partial charge in [-0.25, -0.2) is 4.79 Å². The number of benzene rings is 2. The van der Waals surface area contributed by atoms with Gasteiger partial charge in [-0.3, -0.25) is 4.79 Å². The summed E-state index contributed by atoms with van der Waals surface area (Å²) in [4.78, 5) is 24.3. The second-order valence-corrected chi connectivity index (χ2v) is 7.71. The van der Waals surface area contributed by atoms with Crippen molar-refractivity contribution in [2.75, 3.05) is 0 Å². The Morgan fingerprint density at radius 2 is 1.82 bits per heavy atom. The molecule has 0 saturated carbocycles. The molecule has 0 aliphatic rings. The Hall–Kier alpha value is -2.54. The van der Waals surface area contributed by atoms with E-state index >= 15 is 0 Å². The molecular formula is C21H26BrN3O3. The number of primary amides is 1. The molecule has 5 N–H and O–H groups in total. The van der Waals surface area contributed by atoms with E-state index < -0.39 is 12.1 Å². The molecule has 0 aliphatic carbocycles. The second kappa shape index (κ2) is 10.1. The molecule has 2 aromatic carbocycles. The van der Waals surface area contributed by atoms with Gasteiger partial charge in [0.25, 0.3) is 0 Å². The fourth-order valence-corrected chi connectivity index (χ4v) is 3.55. The molecule has 6 nitrogen and oxygen atoms in total. The Morgan fingerprint density at radius 1 is 1.14 bits per heavy atom. The van der Waals surface area contributed by atoms with Crippen LogP contribution in [0.2, 0.25) is 0 Å². The first kappa shape index (κ1) is 21.8. The number of amides is 3. The van der Waals surface area contributed by atoms with Crippen LogP contribution in [0.15, 0.2) is 53.0 Å². The topological polar surface area (TPSA) is 104 Å². The highest BCUT2D eigenvalue weighted by Gasteiger charge is 2.25. The van der Waals surface area contributed by atoms with Gasteiger partial charge < -0.3 is 21.5 Å². The zero-order valence-corrected chi connectivity index (χ0v) is 17.6. The van der Waals surface area contributed by atoms with E-state index in [1.54, 1.807) is 24.3 Å². The van der Waals surface area contributed by atoms with Gasteiger partial charge >= 0.3 is 6.03 Å². The maximum atomic E-state index is 12.9. The fourth-order valence-electron chi connectivity index (χ4n) is 3.13. The summed E-state index contributed by atoms with van der Waals surface area (Å²) < 4.78 is 0.985. The van der Waals surface area contributed by atoms with E-state index in [-0.39, 0.29) is 30.0 Å². The number of phenolic OH excluding ortho intramolecular Hbond substituents is 1. The molecule has 2 aromatic rings. The molecule has 2 unspecified atom stereocenters. The van der Waals surface area contributed by atoms with Crippen molar-refractivity contribution in [3.63, 3.8) is 0 Å². The summed E-state index contributed by atoms with van der Waals surface area (Å²) in [7, 11) is 0. The van der Waals surface area contributed by atoms with Crippen molar-refractivity contribution in [1.82, 2.24) is 10.6 Å². The minimum atomic E-state index is -0.800. The second-order valence-electron chi connectivity index (χ2n) is 6.80. The average Bonchev–Trinajstić information content (AvgIpc) is 2.66. The molecule has 0 aliphatic heterocycles. The number of carbonyl (C=O) groups excluding carboxylic acids is 2. The molecule has 28 heavy (non-hydrogen) atoms. The van der Waals surface area contributed by atoms with Crippen LogP contribution in [0.5, 0.6) is 5.75 Å². The molecule has 0 radical (unpaired) electrons. The molecule has 150 valence electrons. The lowest BCUT2D eigenvalue weighted by Gasteiger charge is -2.27. The van der Waals surface area contributed by atoms with Gasteiger partial charge in [0.1, 0.15) is 11.8 Å². The molecule has 0 saturated heterocycles. The van der Waals surface area contributed by atoms with E-state index in [9.17, 15) is 14.7 Å². The standard InChI is InChI=1S/C21H26BrN3O3/c1-3-18(13(2)15-5-4-6-16(22)12-15)24-20(27)19(25-21(23)28)11-14-7-9-17(26)10-8-14/h4-10,12-13,18-19,26H,3,11H2,1-2H3,(H,24,27)(H3,23,25,28)/t13?,18?,19-/m0/s1. The van der Waals surface area contributed by atoms with Crippen molar-refractivity contribution in [1.29, 1.82) is 0 Å². The lowest BCUT2D eigenvalue weighted by atomic mass is 9.91. The molecular weight excluding hydrogens is 422 g/mol. The van der Waals surface area contributed by atoms with Crippen LogP contribution in [-0.4, -0.2) is 29.1 Å². The zero-order chi connectivity index (χ0) is 20.7. The molecule has 0 heterocycles. The quantitative estimate of drug-likeness (QED) is 0.497. The Morgan fingerprint density at radius 3 is 2.39 bits per heavy atom. The van der Waals surface area contributed by atoms with Crippen molar-refractivity contribution in [2.45, 2.75) is 44.7 Å². The van der Waals surface area contributed by atoms with E-state index in [0.29, 0.717) is 0 Å². The first-order valence-corrected chi connectivity index (χ1v) is 9.99. The number of nitrogens with one attached hydrogen (secondary N) is 2. The van der Waals surface area contributed by atoms with Crippen molar-refractivity contribution >= 4 is 27.9 Å². The summed E-state index contributed by atoms with van der Waals surface area (Å²) in [6.07, 6.45) is 1.01. The number of carbonyl (C=O) groups is 2. The third-order valence-corrected chi connectivity index (χ3v) is 5.25. The Labute approximate surface area is 173 Å². The van der Waals surface area contributed by atoms with Crippen LogP contribution in [0.1, 0.15) is 37.3 Å². The van der Waals surface area contributed by atoms with Gasteiger partial charge in [-0.1, -0.05) is 54.0 Å². The number of rotatable bonds is 8. The van der Waals surface area contributed by atoms with Crippen LogP contribution in [0.25, 0.3) is 0 Å². The van der Waals surface area contributed by atoms with Crippen molar-refractivity contribution in [3.8, 4) is 5.75 Å². The highest BCUT2D eigenvalue weighted by molar-refractivity contribution is 9.10. The maximum Gasteiger partial charge on any atom is 0.312 e. The molecule has 0 bridgehead atoms. The summed E-state index contributed by atoms with van der Waals surface area (Å²) in [6, 6.07) is 12.8. The van der Waals surface area contributed by atoms with Crippen LogP contribution in [0, 0.1) is 0 Å². The number of aromatic hydroxyl groups is 1. The molecule has 0 fully saturated rings. The largest absolute Gasteiger partial charge is 0.508 e. The predicted octanol–water partition coefficient (Wildman–Crippen LogP) is 3.43. The SMILES string of the molecule is CCC(NC(=O)[C@H](Cc1ccc(O)cc1)NC(N)=O)C(C)c1cccc(Br)c1. The van der Waals surface area contributed by atoms with Crippen molar-refractivity contribution in [2.24, 2.45) is 5.73 Å². The minimum Gasteiger partial charge on any atom is -0.508 e. The van der Waals surface area contributed by atoms with Gasteiger partial charge in [0.05, 0.1) is 0 Å². The first-order valence-electron chi connectivity index (χ1n) is 9.19. The van der Waals surface area contributed by atoms with Crippen molar-refractivity contribution in [3.05, 3.63) is 64.1 Å². The van der Waals surface area contributed by atoms with Crippen molar-refractivity contribution < 1.29 is 14.7 Å². The highest BCUT2D eigenvalue weighted by atomic mass is 79.9. The number of halogens is 1. The normalized spacial score (nSPS) is 14.0. The van der Waals surface area contributed by atoms with E-state index in [0.717, 1.165) is 22.0 Å². The number of phenols is 1. The molecule has 3 amide bonds. The molecule has 7 heteroatoms. The van der Waals surface area contributed by atoms with Crippen LogP contribution < -0.4 is 16.4 Å². The van der Waals surface area contributed by atoms with Gasteiger partial charge in [0.15, 0.2) is 0 Å². The smallest absolute Gasteiger partial charge is 0.312 e. The summed E-state index contributed by atoms with van der Waals surface area (Å²) in [5.41, 5.74) is 7.18. The number of hydrogen-bond donors (Lipinski definition) is 4. The molecule has 0 aromatic heterocycles. The van der Waals surface area contributed by atoms with Crippen LogP contribution in [0.4, 0.5) is 4.79 Å². The van der Waals surface area contributed by atoms with Crippen LogP contribution in [-0.2, 0) is 11.2 Å². The number of nitrogens with two attached hydrogens (primary N) is 1. The van der Waals surface area contributed by atoms with Crippen LogP contribution in [0.3, 0.4) is 0 Å². The monoisotopic (exact) mass is 447 g/mol. The predicted molar refractivity (Wildman–Crippen MR) is 113 cm³/mol. The van der Waals surface area contributed by atoms with E-state index in [1.807, 2.05) is 31.2 Å². The fraction of sp³-hybridized carbons (Fsp3) is 0.333. The lowest BCUT2D eigenvalue weighted by Crippen LogP contribution is -2.52. The summed E-state index contributed by atoms with van der Waals surface area (Å²) >= 11 is 3.48. The Kier molecular flexibility index (Phi) is 7.87. The third-order valence-electron chi connectivity index (χ3n) is 4.75. The summed E-state index contributed by atoms with van der Waals surface area (Å²) in [5, 5.41) is 15.0. The van der Waals surface area contributed by atoms with Gasteiger partial charge in [0.2, 0.25) is 5.91 Å². The molecule has 2 rings (SSSR count). The number of hydrogen-bond acceptors (Lipinski definition) is 3. The molecule has 0 spiro atoms. The Bertz CT molecular complexity index is 811. The Balaban J connectivity index is 2.13. The average molecular weight is 448 g/mol. The van der Waals surface area contributed by atoms with Gasteiger partial charge in [-0.05, 0) is 41.8 Å². The van der Waals surface area contributed by atoms with Crippen LogP contribution >= 0.6 is 15.9 Å². The maximum absolute atomic E-state index is 12.9.